The molecule has 0 fully saturated rings. The first-order valence-electron chi connectivity index (χ1n) is 3.03. The first-order valence-corrected chi connectivity index (χ1v) is 5.91. The summed E-state index contributed by atoms with van der Waals surface area (Å²) in [7, 11) is 3.06. The summed E-state index contributed by atoms with van der Waals surface area (Å²) >= 11 is 1.14. The molecule has 1 aliphatic rings. The van der Waals surface area contributed by atoms with E-state index in [1.807, 2.05) is 0 Å². The molecule has 1 aliphatic heterocycles. The lowest BCUT2D eigenvalue weighted by Gasteiger charge is -1.91. The highest BCUT2D eigenvalue weighted by molar-refractivity contribution is 8.77. The molecule has 12 heavy (non-hydrogen) atoms. The monoisotopic (exact) mass is 215 g/mol. The third-order valence-electron chi connectivity index (χ3n) is 1.34. The summed E-state index contributed by atoms with van der Waals surface area (Å²) in [6.07, 6.45) is 0. The third kappa shape index (κ3) is 0.883. The van der Waals surface area contributed by atoms with Crippen LogP contribution >= 0.6 is 33.5 Å². The number of anilines is 1. The fourth-order valence-corrected chi connectivity index (χ4v) is 2.94. The van der Waals surface area contributed by atoms with Gasteiger partial charge < -0.3 is 4.72 Å². The van der Waals surface area contributed by atoms with E-state index < -0.39 is 0 Å². The molecule has 2 aromatic heterocycles. The van der Waals surface area contributed by atoms with Gasteiger partial charge in [-0.25, -0.2) is 9.97 Å². The van der Waals surface area contributed by atoms with Crippen LogP contribution in [0.4, 0.5) is 5.82 Å². The van der Waals surface area contributed by atoms with Gasteiger partial charge in [0, 0.05) is 11.0 Å². The predicted octanol–water partition coefficient (Wildman–Crippen LogP) is 1.56. The standard InChI is InChI=1S/C4HN5S3/c5-1-2(8-11-7-1)6-4-3(5)9-12-10-4/h(H,5,7,9). The summed E-state index contributed by atoms with van der Waals surface area (Å²) < 4.78 is 11.0. The number of aromatic nitrogens is 4. The van der Waals surface area contributed by atoms with Gasteiger partial charge in [0.05, 0.1) is 11.7 Å². The summed E-state index contributed by atoms with van der Waals surface area (Å²) in [5.74, 6) is 0.796. The molecular weight excluding hydrogens is 214 g/mol. The molecule has 0 aromatic carbocycles. The van der Waals surface area contributed by atoms with E-state index >= 15 is 0 Å². The Morgan fingerprint density at radius 1 is 1.08 bits per heavy atom. The zero-order chi connectivity index (χ0) is 7.97. The summed E-state index contributed by atoms with van der Waals surface area (Å²) in [4.78, 5) is 8.51. The Morgan fingerprint density at radius 2 is 1.92 bits per heavy atom. The van der Waals surface area contributed by atoms with E-state index in [9.17, 15) is 0 Å². The van der Waals surface area contributed by atoms with Crippen LogP contribution < -0.4 is 4.72 Å². The van der Waals surface area contributed by atoms with Crippen molar-refractivity contribution in [2.45, 2.75) is 5.03 Å². The van der Waals surface area contributed by atoms with Crippen molar-refractivity contribution in [2.24, 2.45) is 0 Å². The molecule has 0 atom stereocenters. The smallest absolute Gasteiger partial charge is 0.214 e. The highest BCUT2D eigenvalue weighted by atomic mass is 33.1. The molecular formula is C4HN5S3. The Morgan fingerprint density at radius 3 is 2.83 bits per heavy atom. The van der Waals surface area contributed by atoms with Crippen LogP contribution in [0.1, 0.15) is 0 Å². The van der Waals surface area contributed by atoms with Crippen LogP contribution in [0.3, 0.4) is 0 Å². The fraction of sp³-hybridized carbons (Fsp3) is 0. The van der Waals surface area contributed by atoms with Gasteiger partial charge >= 0.3 is 0 Å². The van der Waals surface area contributed by atoms with E-state index in [0.717, 1.165) is 22.6 Å². The summed E-state index contributed by atoms with van der Waals surface area (Å²) in [5, 5.41) is 0.889. The zero-order valence-corrected chi connectivity index (χ0v) is 7.96. The van der Waals surface area contributed by atoms with Gasteiger partial charge in [0.1, 0.15) is 0 Å². The largest absolute Gasteiger partial charge is 0.302 e. The van der Waals surface area contributed by atoms with Crippen LogP contribution in [-0.4, -0.2) is 18.7 Å². The SMILES string of the molecule is n1snc2nc3c(nc12)NSS3. The van der Waals surface area contributed by atoms with E-state index in [1.54, 1.807) is 10.8 Å². The molecule has 60 valence electrons. The molecule has 0 radical (unpaired) electrons. The first-order chi connectivity index (χ1) is 5.93. The lowest BCUT2D eigenvalue weighted by atomic mass is 10.6. The van der Waals surface area contributed by atoms with Gasteiger partial charge in [0.25, 0.3) is 0 Å². The number of fused-ring (bicyclic) bond motifs is 2. The van der Waals surface area contributed by atoms with Crippen LogP contribution in [0.5, 0.6) is 0 Å². The Kier molecular flexibility index (Phi) is 1.40. The van der Waals surface area contributed by atoms with Gasteiger partial charge in [-0.2, -0.15) is 8.75 Å². The number of rotatable bonds is 0. The molecule has 5 nitrogen and oxygen atoms in total. The highest BCUT2D eigenvalue weighted by Crippen LogP contribution is 2.42. The van der Waals surface area contributed by atoms with E-state index in [-0.39, 0.29) is 0 Å². The van der Waals surface area contributed by atoms with Crippen LogP contribution in [-0.2, 0) is 0 Å². The molecule has 2 aromatic rings. The second-order valence-electron chi connectivity index (χ2n) is 2.06. The minimum Gasteiger partial charge on any atom is -0.302 e. The van der Waals surface area contributed by atoms with E-state index in [0.29, 0.717) is 11.3 Å². The number of hydrogen-bond acceptors (Lipinski definition) is 8. The van der Waals surface area contributed by atoms with Crippen LogP contribution in [0.25, 0.3) is 11.3 Å². The Labute approximate surface area is 79.2 Å². The first kappa shape index (κ1) is 6.87. The summed E-state index contributed by atoms with van der Waals surface area (Å²) in [5.41, 5.74) is 1.25. The second-order valence-corrected chi connectivity index (χ2v) is 4.51. The molecule has 3 rings (SSSR count). The van der Waals surface area contributed by atoms with Gasteiger partial charge in [-0.1, -0.05) is 0 Å². The van der Waals surface area contributed by atoms with Crippen LogP contribution in [0.2, 0.25) is 0 Å². The van der Waals surface area contributed by atoms with Crippen molar-refractivity contribution in [2.75, 3.05) is 4.72 Å². The van der Waals surface area contributed by atoms with Gasteiger partial charge in [-0.15, -0.1) is 0 Å². The normalized spacial score (nSPS) is 14.7. The highest BCUT2D eigenvalue weighted by Gasteiger charge is 2.17. The van der Waals surface area contributed by atoms with Gasteiger partial charge in [-0.3, -0.25) is 0 Å². The van der Waals surface area contributed by atoms with Crippen molar-refractivity contribution in [1.29, 1.82) is 0 Å². The van der Waals surface area contributed by atoms with Crippen molar-refractivity contribution in [1.82, 2.24) is 18.7 Å². The van der Waals surface area contributed by atoms with Gasteiger partial charge in [-0.05, 0) is 10.8 Å². The Balaban J connectivity index is 2.38. The Bertz CT molecular complexity index is 401. The van der Waals surface area contributed by atoms with Crippen molar-refractivity contribution < 1.29 is 0 Å². The molecule has 0 saturated carbocycles. The molecule has 8 heteroatoms. The topological polar surface area (TPSA) is 63.6 Å². The number of hydrogen-bond donors (Lipinski definition) is 1. The predicted molar refractivity (Wildman–Crippen MR) is 50.1 cm³/mol. The quantitative estimate of drug-likeness (QED) is 0.528. The fourth-order valence-electron chi connectivity index (χ4n) is 0.847. The van der Waals surface area contributed by atoms with Crippen molar-refractivity contribution in [3.8, 4) is 0 Å². The second kappa shape index (κ2) is 2.44. The maximum Gasteiger partial charge on any atom is 0.214 e. The Hall–Kier alpha value is -0.600. The molecule has 0 unspecified atom stereocenters. The summed E-state index contributed by atoms with van der Waals surface area (Å²) in [6, 6.07) is 0. The third-order valence-corrected chi connectivity index (χ3v) is 3.63. The van der Waals surface area contributed by atoms with Crippen LogP contribution in [0, 0.1) is 0 Å². The molecule has 1 N–H and O–H groups in total. The van der Waals surface area contributed by atoms with Crippen molar-refractivity contribution in [3.05, 3.63) is 0 Å². The van der Waals surface area contributed by atoms with E-state index in [1.165, 1.54) is 11.0 Å². The van der Waals surface area contributed by atoms with Gasteiger partial charge in [0.15, 0.2) is 10.8 Å². The molecule has 0 bridgehead atoms. The lowest BCUT2D eigenvalue weighted by Crippen LogP contribution is -1.89. The number of nitrogens with one attached hydrogen (secondary N) is 1. The molecule has 0 amide bonds. The molecule has 0 spiro atoms. The van der Waals surface area contributed by atoms with Crippen LogP contribution in [0.15, 0.2) is 5.03 Å². The summed E-state index contributed by atoms with van der Waals surface area (Å²) in [6.45, 7) is 0. The average molecular weight is 215 g/mol. The zero-order valence-electron chi connectivity index (χ0n) is 5.51. The van der Waals surface area contributed by atoms with Crippen molar-refractivity contribution >= 4 is 50.6 Å². The maximum atomic E-state index is 4.27. The molecule has 0 aliphatic carbocycles. The van der Waals surface area contributed by atoms with E-state index in [2.05, 4.69) is 23.4 Å². The minimum absolute atomic E-state index is 0.620. The molecule has 0 saturated heterocycles. The molecule has 3 heterocycles. The minimum atomic E-state index is 0.620. The van der Waals surface area contributed by atoms with E-state index in [4.69, 9.17) is 0 Å². The maximum absolute atomic E-state index is 4.27. The number of nitrogens with zero attached hydrogens (tertiary/aromatic N) is 4. The van der Waals surface area contributed by atoms with Crippen molar-refractivity contribution in [3.63, 3.8) is 0 Å². The lowest BCUT2D eigenvalue weighted by molar-refractivity contribution is 1.13. The van der Waals surface area contributed by atoms with Gasteiger partial charge in [0.2, 0.25) is 11.3 Å². The average Bonchev–Trinajstić information content (AvgIpc) is 2.64.